The third-order valence-corrected chi connectivity index (χ3v) is 1.94. The average molecular weight is 210 g/mol. The summed E-state index contributed by atoms with van der Waals surface area (Å²) in [5, 5.41) is 10.6. The average Bonchev–Trinajstić information content (AvgIpc) is 2.17. The van der Waals surface area contributed by atoms with E-state index in [2.05, 4.69) is 0 Å². The van der Waals surface area contributed by atoms with Crippen LogP contribution in [0.5, 0.6) is 5.75 Å². The first-order chi connectivity index (χ1) is 6.97. The van der Waals surface area contributed by atoms with Crippen molar-refractivity contribution in [2.45, 2.75) is 6.92 Å². The molecule has 0 aliphatic heterocycles. The summed E-state index contributed by atoms with van der Waals surface area (Å²) in [6.45, 7) is 1.29. The molecule has 80 valence electrons. The van der Waals surface area contributed by atoms with Gasteiger partial charge in [0.1, 0.15) is 11.4 Å². The molecule has 1 aromatic rings. The number of benzene rings is 1. The Morgan fingerprint density at radius 1 is 1.53 bits per heavy atom. The second-order valence-electron chi connectivity index (χ2n) is 2.92. The van der Waals surface area contributed by atoms with Crippen molar-refractivity contribution in [2.75, 3.05) is 12.8 Å². The summed E-state index contributed by atoms with van der Waals surface area (Å²) in [4.78, 5) is 21.1. The van der Waals surface area contributed by atoms with E-state index >= 15 is 0 Å². The number of anilines is 1. The third kappa shape index (κ3) is 2.04. The molecule has 6 nitrogen and oxygen atoms in total. The van der Waals surface area contributed by atoms with Crippen molar-refractivity contribution in [2.24, 2.45) is 0 Å². The molecule has 0 amide bonds. The van der Waals surface area contributed by atoms with Crippen LogP contribution in [0.15, 0.2) is 12.1 Å². The van der Waals surface area contributed by atoms with Crippen molar-refractivity contribution in [1.29, 1.82) is 0 Å². The molecule has 0 fully saturated rings. The van der Waals surface area contributed by atoms with Gasteiger partial charge in [-0.05, 0) is 13.0 Å². The molecule has 0 radical (unpaired) electrons. The molecule has 0 saturated carbocycles. The van der Waals surface area contributed by atoms with Crippen LogP contribution in [-0.2, 0) is 0 Å². The smallest absolute Gasteiger partial charge is 0.296 e. The molecule has 15 heavy (non-hydrogen) atoms. The predicted octanol–water partition coefficient (Wildman–Crippen LogP) is 1.39. The number of hydrogen-bond acceptors (Lipinski definition) is 5. The number of Topliss-reactive ketones (excluding diaryl/α,β-unsaturated/α-hetero) is 1. The first kappa shape index (κ1) is 11.0. The zero-order valence-corrected chi connectivity index (χ0v) is 8.31. The molecular weight excluding hydrogens is 200 g/mol. The standard InChI is InChI=1S/C9H10N2O4/c1-5(12)7-3-6(15-2)4-8(9(7)10)11(13)14/h3-4H,10H2,1-2H3. The van der Waals surface area contributed by atoms with Gasteiger partial charge in [-0.1, -0.05) is 0 Å². The number of nitrogens with two attached hydrogens (primary N) is 1. The number of carbonyl (C=O) groups is 1. The van der Waals surface area contributed by atoms with Crippen LogP contribution in [-0.4, -0.2) is 17.8 Å². The fraction of sp³-hybridized carbons (Fsp3) is 0.222. The molecule has 0 saturated heterocycles. The van der Waals surface area contributed by atoms with Gasteiger partial charge in [0, 0.05) is 0 Å². The number of nitrogen functional groups attached to an aromatic ring is 1. The molecule has 0 unspecified atom stereocenters. The summed E-state index contributed by atoms with van der Waals surface area (Å²) in [6, 6.07) is 2.56. The van der Waals surface area contributed by atoms with Crippen LogP contribution in [0.3, 0.4) is 0 Å². The molecule has 2 N–H and O–H groups in total. The number of ether oxygens (including phenoxy) is 1. The molecule has 6 heteroatoms. The normalized spacial score (nSPS) is 9.73. The zero-order chi connectivity index (χ0) is 11.6. The maximum atomic E-state index is 11.2. The second-order valence-corrected chi connectivity index (χ2v) is 2.92. The summed E-state index contributed by atoms with van der Waals surface area (Å²) in [5.41, 5.74) is 5.14. The quantitative estimate of drug-likeness (QED) is 0.352. The number of nitro groups is 1. The van der Waals surface area contributed by atoms with Crippen molar-refractivity contribution < 1.29 is 14.5 Å². The maximum Gasteiger partial charge on any atom is 0.296 e. The van der Waals surface area contributed by atoms with Crippen LogP contribution in [0.1, 0.15) is 17.3 Å². The Balaban J connectivity index is 3.47. The number of methoxy groups -OCH3 is 1. The lowest BCUT2D eigenvalue weighted by atomic mass is 10.1. The lowest BCUT2D eigenvalue weighted by Crippen LogP contribution is -2.04. The van der Waals surface area contributed by atoms with Gasteiger partial charge in [0.15, 0.2) is 5.78 Å². The summed E-state index contributed by atoms with van der Waals surface area (Å²) in [6.07, 6.45) is 0. The molecular formula is C9H10N2O4. The number of carbonyl (C=O) groups excluding carboxylic acids is 1. The second kappa shape index (κ2) is 3.95. The van der Waals surface area contributed by atoms with Crippen molar-refractivity contribution in [1.82, 2.24) is 0 Å². The molecule has 0 spiro atoms. The van der Waals surface area contributed by atoms with Crippen molar-refractivity contribution in [3.05, 3.63) is 27.8 Å². The van der Waals surface area contributed by atoms with E-state index in [1.54, 1.807) is 0 Å². The van der Waals surface area contributed by atoms with Crippen molar-refractivity contribution in [3.8, 4) is 5.75 Å². The van der Waals surface area contributed by atoms with Gasteiger partial charge in [-0.3, -0.25) is 14.9 Å². The van der Waals surface area contributed by atoms with Crippen LogP contribution in [0, 0.1) is 10.1 Å². The van der Waals surface area contributed by atoms with E-state index in [-0.39, 0.29) is 28.5 Å². The van der Waals surface area contributed by atoms with Crippen molar-refractivity contribution >= 4 is 17.2 Å². The van der Waals surface area contributed by atoms with Crippen LogP contribution >= 0.6 is 0 Å². The maximum absolute atomic E-state index is 11.2. The zero-order valence-electron chi connectivity index (χ0n) is 8.31. The minimum Gasteiger partial charge on any atom is -0.496 e. The highest BCUT2D eigenvalue weighted by Crippen LogP contribution is 2.30. The molecule has 1 aromatic carbocycles. The van der Waals surface area contributed by atoms with Gasteiger partial charge in [0.2, 0.25) is 0 Å². The monoisotopic (exact) mass is 210 g/mol. The number of rotatable bonds is 3. The summed E-state index contributed by atoms with van der Waals surface area (Å²) >= 11 is 0. The predicted molar refractivity (Wildman–Crippen MR) is 54.1 cm³/mol. The van der Waals surface area contributed by atoms with Crippen molar-refractivity contribution in [3.63, 3.8) is 0 Å². The minimum atomic E-state index is -0.649. The lowest BCUT2D eigenvalue weighted by Gasteiger charge is -2.06. The van der Waals surface area contributed by atoms with E-state index in [9.17, 15) is 14.9 Å². The largest absolute Gasteiger partial charge is 0.496 e. The Morgan fingerprint density at radius 3 is 2.53 bits per heavy atom. The highest BCUT2D eigenvalue weighted by Gasteiger charge is 2.19. The minimum absolute atomic E-state index is 0.0982. The van der Waals surface area contributed by atoms with Gasteiger partial charge in [-0.15, -0.1) is 0 Å². The number of nitro benzene ring substituents is 1. The summed E-state index contributed by atoms with van der Waals surface area (Å²) in [7, 11) is 1.36. The van der Waals surface area contributed by atoms with E-state index in [0.29, 0.717) is 0 Å². The topological polar surface area (TPSA) is 95.5 Å². The van der Waals surface area contributed by atoms with Crippen LogP contribution < -0.4 is 10.5 Å². The highest BCUT2D eigenvalue weighted by molar-refractivity contribution is 6.01. The number of nitrogens with zero attached hydrogens (tertiary/aromatic N) is 1. The van der Waals surface area contributed by atoms with Crippen LogP contribution in [0.25, 0.3) is 0 Å². The van der Waals surface area contributed by atoms with Crippen LogP contribution in [0.2, 0.25) is 0 Å². The molecule has 0 aliphatic rings. The third-order valence-electron chi connectivity index (χ3n) is 1.94. The fourth-order valence-corrected chi connectivity index (χ4v) is 1.17. The van der Waals surface area contributed by atoms with Gasteiger partial charge in [0.25, 0.3) is 5.69 Å². The highest BCUT2D eigenvalue weighted by atomic mass is 16.6. The SMILES string of the molecule is COc1cc(C(C)=O)c(N)c([N+](=O)[O-])c1. The summed E-state index contributed by atoms with van der Waals surface area (Å²) < 4.78 is 4.84. The Bertz CT molecular complexity index is 393. The Morgan fingerprint density at radius 2 is 2.13 bits per heavy atom. The molecule has 0 bridgehead atoms. The summed E-state index contributed by atoms with van der Waals surface area (Å²) in [5.74, 6) is -0.101. The molecule has 0 atom stereocenters. The van der Waals surface area contributed by atoms with Gasteiger partial charge in [-0.25, -0.2) is 0 Å². The lowest BCUT2D eigenvalue weighted by molar-refractivity contribution is -0.384. The van der Waals surface area contributed by atoms with Gasteiger partial charge in [-0.2, -0.15) is 0 Å². The van der Waals surface area contributed by atoms with E-state index in [1.165, 1.54) is 26.2 Å². The number of hydrogen-bond donors (Lipinski definition) is 1. The number of ketones is 1. The van der Waals surface area contributed by atoms with Gasteiger partial charge < -0.3 is 10.5 Å². The molecule has 0 heterocycles. The first-order valence-corrected chi connectivity index (χ1v) is 4.10. The van der Waals surface area contributed by atoms with E-state index in [1.807, 2.05) is 0 Å². The van der Waals surface area contributed by atoms with E-state index in [0.717, 1.165) is 0 Å². The Hall–Kier alpha value is -2.11. The van der Waals surface area contributed by atoms with Gasteiger partial charge >= 0.3 is 0 Å². The van der Waals surface area contributed by atoms with Crippen LogP contribution in [0.4, 0.5) is 11.4 Å². The molecule has 1 rings (SSSR count). The Kier molecular flexibility index (Phi) is 2.89. The molecule has 0 aromatic heterocycles. The van der Waals surface area contributed by atoms with Gasteiger partial charge in [0.05, 0.1) is 23.7 Å². The molecule has 0 aliphatic carbocycles. The fourth-order valence-electron chi connectivity index (χ4n) is 1.17. The van der Waals surface area contributed by atoms with E-state index < -0.39 is 4.92 Å². The Labute approximate surface area is 85.8 Å². The first-order valence-electron chi connectivity index (χ1n) is 4.10. The van der Waals surface area contributed by atoms with E-state index in [4.69, 9.17) is 10.5 Å².